The molecule has 9 heteroatoms. The fourth-order valence-corrected chi connectivity index (χ4v) is 3.94. The van der Waals surface area contributed by atoms with Crippen LogP contribution in [0.4, 0.5) is 0 Å². The zero-order valence-corrected chi connectivity index (χ0v) is 14.5. The lowest BCUT2D eigenvalue weighted by Gasteiger charge is -2.17. The van der Waals surface area contributed by atoms with Crippen LogP contribution in [0.3, 0.4) is 0 Å². The van der Waals surface area contributed by atoms with Crippen molar-refractivity contribution in [3.05, 3.63) is 59.6 Å². The van der Waals surface area contributed by atoms with Gasteiger partial charge in [0, 0.05) is 10.6 Å². The zero-order valence-electron chi connectivity index (χ0n) is 11.3. The lowest BCUT2D eigenvalue weighted by Crippen LogP contribution is -2.68. The van der Waals surface area contributed by atoms with E-state index in [9.17, 15) is 0 Å². The van der Waals surface area contributed by atoms with Gasteiger partial charge in [-0.05, 0) is 24.3 Å². The number of rotatable bonds is 2. The number of hydrogen-bond donors (Lipinski definition) is 0. The van der Waals surface area contributed by atoms with Gasteiger partial charge in [-0.25, -0.2) is 18.6 Å². The summed E-state index contributed by atoms with van der Waals surface area (Å²) in [5.41, 5.74) is 2.28. The molecule has 0 saturated heterocycles. The van der Waals surface area contributed by atoms with E-state index in [2.05, 4.69) is 17.1 Å². The molecule has 0 radical (unpaired) electrons. The van der Waals surface area contributed by atoms with Crippen LogP contribution in [0.2, 0.25) is 5.02 Å². The smallest absolute Gasteiger partial charge is 0.222 e. The first kappa shape index (κ1) is 18.2. The topological polar surface area (TPSA) is 105 Å². The number of halogens is 2. The van der Waals surface area contributed by atoms with Gasteiger partial charge in [0.1, 0.15) is 0 Å². The standard InChI is InChI=1S/C14H9ClNS2.ClHO4/c15-12-8-6-11(7-9-12)14-16-13(17-18-14)10-4-2-1-3-5-10;2-1(3,4)5/h1-9H;(H,2,3,4,5)/q+1;/p-1. The molecule has 0 saturated carbocycles. The molecule has 0 bridgehead atoms. The minimum absolute atomic E-state index is 0.752. The van der Waals surface area contributed by atoms with Gasteiger partial charge in [0.15, 0.2) is 15.3 Å². The third-order valence-corrected chi connectivity index (χ3v) is 5.02. The van der Waals surface area contributed by atoms with Gasteiger partial charge in [0.2, 0.25) is 0 Å². The van der Waals surface area contributed by atoms with Gasteiger partial charge in [0.05, 0.1) is 5.56 Å². The summed E-state index contributed by atoms with van der Waals surface area (Å²) in [5.74, 6) is 0. The maximum Gasteiger partial charge on any atom is 0.348 e. The van der Waals surface area contributed by atoms with Crippen LogP contribution >= 0.6 is 32.3 Å². The second kappa shape index (κ2) is 8.09. The molecular formula is C14H9Cl2NO4S2. The first-order valence-electron chi connectivity index (χ1n) is 6.06. The maximum absolute atomic E-state index is 8.49. The predicted molar refractivity (Wildman–Crippen MR) is 80.3 cm³/mol. The molecule has 5 nitrogen and oxygen atoms in total. The minimum Gasteiger partial charge on any atom is -0.222 e. The lowest BCUT2D eigenvalue weighted by atomic mass is 10.2. The van der Waals surface area contributed by atoms with E-state index in [0.29, 0.717) is 0 Å². The molecule has 1 aromatic heterocycles. The predicted octanol–water partition coefficient (Wildman–Crippen LogP) is 0.717. The van der Waals surface area contributed by atoms with Crippen molar-refractivity contribution in [2.45, 2.75) is 0 Å². The van der Waals surface area contributed by atoms with Crippen LogP contribution in [-0.4, -0.2) is 4.98 Å². The molecule has 3 rings (SSSR count). The average Bonchev–Trinajstić information content (AvgIpc) is 2.97. The Kier molecular flexibility index (Phi) is 6.40. The Morgan fingerprint density at radius 1 is 0.870 bits per heavy atom. The Balaban J connectivity index is 0.000000338. The highest BCUT2D eigenvalue weighted by Gasteiger charge is 2.18. The van der Waals surface area contributed by atoms with Crippen LogP contribution in [0.5, 0.6) is 0 Å². The highest BCUT2D eigenvalue weighted by atomic mass is 35.7. The Hall–Kier alpha value is -1.16. The summed E-state index contributed by atoms with van der Waals surface area (Å²) in [6.07, 6.45) is 0. The summed E-state index contributed by atoms with van der Waals surface area (Å²) in [4.78, 5) is 4.67. The molecule has 0 atom stereocenters. The van der Waals surface area contributed by atoms with Crippen LogP contribution in [0.1, 0.15) is 0 Å². The molecule has 0 aliphatic carbocycles. The molecule has 120 valence electrons. The Morgan fingerprint density at radius 2 is 1.43 bits per heavy atom. The number of nitrogens with zero attached hydrogens (tertiary/aromatic N) is 1. The molecule has 3 aromatic rings. The summed E-state index contributed by atoms with van der Waals surface area (Å²) >= 11 is 5.89. The molecule has 23 heavy (non-hydrogen) atoms. The van der Waals surface area contributed by atoms with Gasteiger partial charge in [0.25, 0.3) is 0 Å². The molecule has 0 aliphatic heterocycles. The van der Waals surface area contributed by atoms with E-state index >= 15 is 0 Å². The Morgan fingerprint density at radius 3 is 2.00 bits per heavy atom. The van der Waals surface area contributed by atoms with Gasteiger partial charge >= 0.3 is 15.3 Å². The summed E-state index contributed by atoms with van der Waals surface area (Å²) < 4.78 is 34.0. The fourth-order valence-electron chi connectivity index (χ4n) is 1.61. The van der Waals surface area contributed by atoms with Crippen molar-refractivity contribution in [1.29, 1.82) is 0 Å². The Labute approximate surface area is 146 Å². The summed E-state index contributed by atoms with van der Waals surface area (Å²) in [6.45, 7) is 0. The molecule has 0 N–H and O–H groups in total. The van der Waals surface area contributed by atoms with Gasteiger partial charge in [-0.1, -0.05) is 41.9 Å². The van der Waals surface area contributed by atoms with Crippen LogP contribution in [0, 0.1) is 10.2 Å². The average molecular weight is 390 g/mol. The first-order chi connectivity index (χ1) is 10.8. The fraction of sp³-hybridized carbons (Fsp3) is 0. The molecular weight excluding hydrogens is 381 g/mol. The van der Waals surface area contributed by atoms with E-state index in [1.165, 1.54) is 5.56 Å². The number of hydrogen-bond acceptors (Lipinski definition) is 6. The quantitative estimate of drug-likeness (QED) is 0.474. The maximum atomic E-state index is 8.49. The molecule has 0 amide bonds. The van der Waals surface area contributed by atoms with Crippen molar-refractivity contribution in [1.82, 2.24) is 4.98 Å². The van der Waals surface area contributed by atoms with Gasteiger partial charge < -0.3 is 0 Å². The molecule has 2 aromatic carbocycles. The highest BCUT2D eigenvalue weighted by Crippen LogP contribution is 2.33. The monoisotopic (exact) mass is 389 g/mol. The van der Waals surface area contributed by atoms with Crippen molar-refractivity contribution in [3.8, 4) is 21.1 Å². The normalized spacial score (nSPS) is 10.8. The third kappa shape index (κ3) is 6.46. The van der Waals surface area contributed by atoms with Crippen LogP contribution in [-0.2, 0) is 0 Å². The van der Waals surface area contributed by atoms with E-state index in [-0.39, 0.29) is 0 Å². The van der Waals surface area contributed by atoms with E-state index in [0.717, 1.165) is 20.6 Å². The van der Waals surface area contributed by atoms with Crippen molar-refractivity contribution in [3.63, 3.8) is 0 Å². The Bertz CT molecular complexity index is 739. The van der Waals surface area contributed by atoms with Gasteiger partial charge in [-0.2, -0.15) is 4.98 Å². The van der Waals surface area contributed by atoms with Crippen LogP contribution in [0.25, 0.3) is 21.1 Å². The largest absolute Gasteiger partial charge is 0.348 e. The summed E-state index contributed by atoms with van der Waals surface area (Å²) in [6, 6.07) is 18.0. The van der Waals surface area contributed by atoms with E-state index in [1.807, 2.05) is 42.5 Å². The van der Waals surface area contributed by atoms with E-state index in [1.54, 1.807) is 20.7 Å². The van der Waals surface area contributed by atoms with Gasteiger partial charge in [-0.3, -0.25) is 0 Å². The highest BCUT2D eigenvalue weighted by molar-refractivity contribution is 7.71. The van der Waals surface area contributed by atoms with Crippen molar-refractivity contribution in [2.24, 2.45) is 0 Å². The van der Waals surface area contributed by atoms with Crippen molar-refractivity contribution >= 4 is 32.3 Å². The first-order valence-corrected chi connectivity index (χ1v) is 9.82. The lowest BCUT2D eigenvalue weighted by molar-refractivity contribution is -2.00. The molecule has 0 aliphatic rings. The molecule has 0 unspecified atom stereocenters. The van der Waals surface area contributed by atoms with Crippen LogP contribution in [0.15, 0.2) is 54.6 Å². The molecule has 0 spiro atoms. The van der Waals surface area contributed by atoms with E-state index in [4.69, 9.17) is 30.2 Å². The SMILES string of the molecule is Clc1ccc(-c2nc(-c3ccccc3)[s+]s2)cc1.[O-][Cl+3]([O-])([O-])[O-]. The molecule has 1 heterocycles. The summed E-state index contributed by atoms with van der Waals surface area (Å²) in [5, 5.41) is 2.85. The van der Waals surface area contributed by atoms with Crippen LogP contribution < -0.4 is 18.6 Å². The second-order valence-electron chi connectivity index (χ2n) is 4.14. The molecule has 0 fully saturated rings. The summed E-state index contributed by atoms with van der Waals surface area (Å²) in [7, 11) is -1.55. The van der Waals surface area contributed by atoms with Gasteiger partial charge in [-0.15, -0.1) is 10.2 Å². The minimum atomic E-state index is -4.94. The second-order valence-corrected chi connectivity index (χ2v) is 7.44. The van der Waals surface area contributed by atoms with E-state index < -0.39 is 10.2 Å². The number of aromatic nitrogens is 1. The number of benzene rings is 2. The third-order valence-electron chi connectivity index (χ3n) is 2.51. The zero-order chi connectivity index (χ0) is 16.9. The van der Waals surface area contributed by atoms with Crippen molar-refractivity contribution < 1.29 is 28.9 Å². The van der Waals surface area contributed by atoms with Crippen molar-refractivity contribution in [2.75, 3.05) is 0 Å².